The maximum Gasteiger partial charge on any atom is 0.255 e. The van der Waals surface area contributed by atoms with Crippen molar-refractivity contribution in [2.75, 3.05) is 18.4 Å². The van der Waals surface area contributed by atoms with Crippen LogP contribution in [0.4, 0.5) is 10.3 Å². The third kappa shape index (κ3) is 3.72. The lowest BCUT2D eigenvalue weighted by molar-refractivity contribution is 0.0567. The summed E-state index contributed by atoms with van der Waals surface area (Å²) in [7, 11) is 0. The van der Waals surface area contributed by atoms with E-state index in [1.165, 1.54) is 30.6 Å². The van der Waals surface area contributed by atoms with Gasteiger partial charge in [-0.1, -0.05) is 11.6 Å². The Labute approximate surface area is 183 Å². The monoisotopic (exact) mass is 438 g/mol. The average Bonchev–Trinajstić information content (AvgIpc) is 3.38. The van der Waals surface area contributed by atoms with Gasteiger partial charge in [-0.15, -0.1) is 0 Å². The number of amides is 1. The molecule has 1 N–H and O–H groups in total. The summed E-state index contributed by atoms with van der Waals surface area (Å²) >= 11 is 5.87. The minimum absolute atomic E-state index is 0.136. The molecule has 158 valence electrons. The minimum Gasteiger partial charge on any atom is -0.352 e. The van der Waals surface area contributed by atoms with Crippen molar-refractivity contribution >= 4 is 23.5 Å². The number of aromatic nitrogens is 4. The molecule has 1 saturated heterocycles. The molecule has 1 aliphatic carbocycles. The number of hydrogen-bond donors (Lipinski definition) is 1. The summed E-state index contributed by atoms with van der Waals surface area (Å²) < 4.78 is 14.0. The maximum absolute atomic E-state index is 14.0. The minimum atomic E-state index is -0.432. The first kappa shape index (κ1) is 19.8. The molecule has 1 aliphatic heterocycles. The Morgan fingerprint density at radius 1 is 1.23 bits per heavy atom. The van der Waals surface area contributed by atoms with Gasteiger partial charge < -0.3 is 10.2 Å². The zero-order chi connectivity index (χ0) is 21.4. The summed E-state index contributed by atoms with van der Waals surface area (Å²) in [6, 6.07) is 5.84. The molecule has 2 aromatic heterocycles. The van der Waals surface area contributed by atoms with Gasteiger partial charge in [0.05, 0.1) is 28.5 Å². The fourth-order valence-electron chi connectivity index (χ4n) is 4.74. The van der Waals surface area contributed by atoms with E-state index in [1.807, 2.05) is 4.90 Å². The molecule has 0 spiro atoms. The van der Waals surface area contributed by atoms with Crippen LogP contribution in [0.5, 0.6) is 0 Å². The molecule has 2 bridgehead atoms. The Balaban J connectivity index is 1.44. The molecule has 2 unspecified atom stereocenters. The smallest absolute Gasteiger partial charge is 0.255 e. The van der Waals surface area contributed by atoms with E-state index in [0.29, 0.717) is 46.9 Å². The van der Waals surface area contributed by atoms with E-state index in [-0.39, 0.29) is 11.4 Å². The third-order valence-electron chi connectivity index (χ3n) is 6.16. The van der Waals surface area contributed by atoms with Crippen LogP contribution in [-0.4, -0.2) is 49.4 Å². The van der Waals surface area contributed by atoms with Gasteiger partial charge in [-0.2, -0.15) is 0 Å². The molecule has 0 radical (unpaired) electrons. The standard InChI is InChI=1S/C22H20ClFN6O/c23-15-10-27-21(28-11-15)29-13-22-5-4-14(9-22)12-30(22)20(31)17-3-2-16(24)8-18(17)19-25-6-1-7-26-19/h1-3,6-8,10-11,14H,4-5,9,12-13H2,(H,27,28,29). The number of carbonyl (C=O) groups is 1. The van der Waals surface area contributed by atoms with Gasteiger partial charge in [0.15, 0.2) is 5.82 Å². The van der Waals surface area contributed by atoms with Crippen LogP contribution in [0, 0.1) is 11.7 Å². The highest BCUT2D eigenvalue weighted by Gasteiger charge is 2.52. The van der Waals surface area contributed by atoms with Crippen molar-refractivity contribution in [3.05, 3.63) is 65.5 Å². The Kier molecular flexibility index (Phi) is 5.02. The van der Waals surface area contributed by atoms with Gasteiger partial charge >= 0.3 is 0 Å². The largest absolute Gasteiger partial charge is 0.352 e. The first-order valence-corrected chi connectivity index (χ1v) is 10.5. The summed E-state index contributed by atoms with van der Waals surface area (Å²) in [6.45, 7) is 1.21. The molecule has 2 atom stereocenters. The van der Waals surface area contributed by atoms with Gasteiger partial charge in [0.25, 0.3) is 5.91 Å². The molecule has 5 rings (SSSR count). The molecule has 7 nitrogen and oxygen atoms in total. The van der Waals surface area contributed by atoms with E-state index in [1.54, 1.807) is 18.5 Å². The van der Waals surface area contributed by atoms with Crippen LogP contribution in [0.15, 0.2) is 49.1 Å². The number of piperidine rings is 1. The van der Waals surface area contributed by atoms with Crippen LogP contribution in [0.25, 0.3) is 11.4 Å². The normalized spacial score (nSPS) is 22.0. The maximum atomic E-state index is 14.0. The number of carbonyl (C=O) groups excluding carboxylic acids is 1. The molecule has 3 heterocycles. The van der Waals surface area contributed by atoms with Crippen molar-refractivity contribution in [2.24, 2.45) is 5.92 Å². The van der Waals surface area contributed by atoms with E-state index in [9.17, 15) is 9.18 Å². The predicted octanol–water partition coefficient (Wildman–Crippen LogP) is 3.83. The van der Waals surface area contributed by atoms with Crippen molar-refractivity contribution in [3.63, 3.8) is 0 Å². The van der Waals surface area contributed by atoms with Crippen LogP contribution in [0.1, 0.15) is 29.6 Å². The van der Waals surface area contributed by atoms with Crippen molar-refractivity contribution in [1.29, 1.82) is 0 Å². The fourth-order valence-corrected chi connectivity index (χ4v) is 4.84. The van der Waals surface area contributed by atoms with Gasteiger partial charge in [0, 0.05) is 31.0 Å². The van der Waals surface area contributed by atoms with Crippen LogP contribution in [0.3, 0.4) is 0 Å². The van der Waals surface area contributed by atoms with Crippen molar-refractivity contribution in [3.8, 4) is 11.4 Å². The first-order chi connectivity index (χ1) is 15.0. The second kappa shape index (κ2) is 7.85. The molecule has 9 heteroatoms. The van der Waals surface area contributed by atoms with Crippen LogP contribution >= 0.6 is 11.6 Å². The van der Waals surface area contributed by atoms with E-state index >= 15 is 0 Å². The highest BCUT2D eigenvalue weighted by Crippen LogP contribution is 2.47. The summed E-state index contributed by atoms with van der Waals surface area (Å²) in [5, 5.41) is 3.73. The van der Waals surface area contributed by atoms with Crippen LogP contribution in [-0.2, 0) is 0 Å². The Hall–Kier alpha value is -3.13. The van der Waals surface area contributed by atoms with Crippen LogP contribution < -0.4 is 5.32 Å². The summed E-state index contributed by atoms with van der Waals surface area (Å²) in [4.78, 5) is 32.4. The molecule has 1 saturated carbocycles. The number of benzene rings is 1. The lowest BCUT2D eigenvalue weighted by Crippen LogP contribution is -2.52. The quantitative estimate of drug-likeness (QED) is 0.651. The summed E-state index contributed by atoms with van der Waals surface area (Å²) in [6.07, 6.45) is 9.11. The number of likely N-dealkylation sites (tertiary alicyclic amines) is 1. The molecule has 31 heavy (non-hydrogen) atoms. The van der Waals surface area contributed by atoms with Crippen molar-refractivity contribution in [2.45, 2.75) is 24.8 Å². The third-order valence-corrected chi connectivity index (χ3v) is 6.35. The highest BCUT2D eigenvalue weighted by molar-refractivity contribution is 6.30. The number of fused-ring (bicyclic) bond motifs is 2. The number of anilines is 1. The number of hydrogen-bond acceptors (Lipinski definition) is 6. The molecular formula is C22H20ClFN6O. The first-order valence-electron chi connectivity index (χ1n) is 10.1. The van der Waals surface area contributed by atoms with Gasteiger partial charge in [0.2, 0.25) is 5.95 Å². The van der Waals surface area contributed by atoms with E-state index in [4.69, 9.17) is 11.6 Å². The number of nitrogens with one attached hydrogen (secondary N) is 1. The van der Waals surface area contributed by atoms with Gasteiger partial charge in [-0.25, -0.2) is 24.3 Å². The molecule has 2 fully saturated rings. The van der Waals surface area contributed by atoms with Crippen LogP contribution in [0.2, 0.25) is 5.02 Å². The lowest BCUT2D eigenvalue weighted by Gasteiger charge is -2.39. The van der Waals surface area contributed by atoms with Gasteiger partial charge in [-0.3, -0.25) is 4.79 Å². The number of nitrogens with zero attached hydrogens (tertiary/aromatic N) is 5. The summed E-state index contributed by atoms with van der Waals surface area (Å²) in [5.41, 5.74) is 0.466. The van der Waals surface area contributed by atoms with E-state index in [0.717, 1.165) is 19.3 Å². The van der Waals surface area contributed by atoms with E-state index < -0.39 is 5.82 Å². The summed E-state index contributed by atoms with van der Waals surface area (Å²) in [5.74, 6) is 0.688. The lowest BCUT2D eigenvalue weighted by atomic mass is 9.94. The van der Waals surface area contributed by atoms with Gasteiger partial charge in [-0.05, 0) is 49.4 Å². The SMILES string of the molecule is O=C(c1ccc(F)cc1-c1ncccn1)N1CC2CCC1(CNc1ncc(Cl)cn1)C2. The molecule has 2 aliphatic rings. The molecule has 1 aromatic carbocycles. The van der Waals surface area contributed by atoms with Gasteiger partial charge in [0.1, 0.15) is 5.82 Å². The van der Waals surface area contributed by atoms with Crippen molar-refractivity contribution in [1.82, 2.24) is 24.8 Å². The molecule has 3 aromatic rings. The Morgan fingerprint density at radius 2 is 2.00 bits per heavy atom. The molecular weight excluding hydrogens is 419 g/mol. The highest BCUT2D eigenvalue weighted by atomic mass is 35.5. The fraction of sp³-hybridized carbons (Fsp3) is 0.318. The predicted molar refractivity (Wildman–Crippen MR) is 114 cm³/mol. The Morgan fingerprint density at radius 3 is 2.74 bits per heavy atom. The number of rotatable bonds is 5. The molecule has 1 amide bonds. The van der Waals surface area contributed by atoms with Crippen molar-refractivity contribution < 1.29 is 9.18 Å². The second-order valence-electron chi connectivity index (χ2n) is 8.09. The Bertz CT molecular complexity index is 1110. The second-order valence-corrected chi connectivity index (χ2v) is 8.53. The zero-order valence-corrected chi connectivity index (χ0v) is 17.4. The van der Waals surface area contributed by atoms with E-state index in [2.05, 4.69) is 25.3 Å². The average molecular weight is 439 g/mol. The number of halogens is 2. The topological polar surface area (TPSA) is 83.9 Å². The zero-order valence-electron chi connectivity index (χ0n) is 16.6.